The number of aromatic nitrogens is 2. The Hall–Kier alpha value is -0.970. The fourth-order valence-electron chi connectivity index (χ4n) is 1.37. The predicted molar refractivity (Wildman–Crippen MR) is 75.5 cm³/mol. The van der Waals surface area contributed by atoms with Gasteiger partial charge in [0.05, 0.1) is 10.0 Å². The number of thioether (sulfide) groups is 1. The van der Waals surface area contributed by atoms with Crippen LogP contribution in [0.4, 0.5) is 0 Å². The first kappa shape index (κ1) is 13.5. The van der Waals surface area contributed by atoms with Crippen LogP contribution in [0.3, 0.4) is 0 Å². The van der Waals surface area contributed by atoms with E-state index in [1.165, 1.54) is 28.6 Å². The maximum atomic E-state index is 11.4. The summed E-state index contributed by atoms with van der Waals surface area (Å²) in [4.78, 5) is 15.6. The number of hydrogen-bond acceptors (Lipinski definition) is 3. The van der Waals surface area contributed by atoms with Crippen molar-refractivity contribution in [1.29, 1.82) is 0 Å². The Morgan fingerprint density at radius 1 is 1.28 bits per heavy atom. The van der Waals surface area contributed by atoms with Gasteiger partial charge in [-0.15, -0.1) is 0 Å². The van der Waals surface area contributed by atoms with Gasteiger partial charge in [0.25, 0.3) is 5.56 Å². The van der Waals surface area contributed by atoms with E-state index in [0.717, 1.165) is 5.56 Å². The minimum atomic E-state index is -0.0679. The molecule has 1 aromatic heterocycles. The normalized spacial score (nSPS) is 10.6. The Labute approximate surface area is 119 Å². The molecule has 3 nitrogen and oxygen atoms in total. The highest BCUT2D eigenvalue weighted by molar-refractivity contribution is 7.98. The summed E-state index contributed by atoms with van der Waals surface area (Å²) in [5.74, 6) is 0.682. The van der Waals surface area contributed by atoms with Crippen LogP contribution in [0.15, 0.2) is 40.4 Å². The molecule has 0 saturated carbocycles. The van der Waals surface area contributed by atoms with Gasteiger partial charge in [-0.05, 0) is 17.7 Å². The molecule has 0 aliphatic heterocycles. The van der Waals surface area contributed by atoms with Crippen LogP contribution in [-0.4, -0.2) is 9.55 Å². The minimum absolute atomic E-state index is 0.0679. The predicted octanol–water partition coefficient (Wildman–Crippen LogP) is 3.38. The van der Waals surface area contributed by atoms with Gasteiger partial charge in [0.2, 0.25) is 0 Å². The highest BCUT2D eigenvalue weighted by atomic mass is 35.5. The molecule has 1 aromatic carbocycles. The van der Waals surface area contributed by atoms with E-state index < -0.39 is 0 Å². The zero-order chi connectivity index (χ0) is 13.1. The molecule has 0 unspecified atom stereocenters. The smallest absolute Gasteiger partial charge is 0.253 e. The van der Waals surface area contributed by atoms with Gasteiger partial charge in [0.1, 0.15) is 0 Å². The fraction of sp³-hybridized carbons (Fsp3) is 0.167. The van der Waals surface area contributed by atoms with E-state index in [2.05, 4.69) is 4.98 Å². The quantitative estimate of drug-likeness (QED) is 0.644. The van der Waals surface area contributed by atoms with Crippen LogP contribution in [0.25, 0.3) is 0 Å². The molecular weight excluding hydrogens is 291 g/mol. The van der Waals surface area contributed by atoms with Crippen LogP contribution >= 0.6 is 35.0 Å². The number of halogens is 2. The Morgan fingerprint density at radius 2 is 2.06 bits per heavy atom. The number of hydrogen-bond donors (Lipinski definition) is 0. The van der Waals surface area contributed by atoms with Crippen LogP contribution in [0, 0.1) is 0 Å². The molecule has 0 amide bonds. The van der Waals surface area contributed by atoms with Crippen molar-refractivity contribution in [1.82, 2.24) is 9.55 Å². The van der Waals surface area contributed by atoms with Crippen molar-refractivity contribution < 1.29 is 0 Å². The number of benzene rings is 1. The molecule has 0 fully saturated rings. The SMILES string of the molecule is Cn1c(SCc2ccc(Cl)c(Cl)c2)nccc1=O. The second-order valence-electron chi connectivity index (χ2n) is 3.66. The third-order valence-electron chi connectivity index (χ3n) is 2.37. The first-order chi connectivity index (χ1) is 8.58. The van der Waals surface area contributed by atoms with Crippen LogP contribution in [-0.2, 0) is 12.8 Å². The maximum absolute atomic E-state index is 11.4. The lowest BCUT2D eigenvalue weighted by atomic mass is 10.2. The van der Waals surface area contributed by atoms with Gasteiger partial charge in [-0.25, -0.2) is 4.98 Å². The van der Waals surface area contributed by atoms with Crippen molar-refractivity contribution in [2.45, 2.75) is 10.9 Å². The van der Waals surface area contributed by atoms with Crippen LogP contribution < -0.4 is 5.56 Å². The zero-order valence-corrected chi connectivity index (χ0v) is 11.9. The van der Waals surface area contributed by atoms with Crippen molar-refractivity contribution >= 4 is 35.0 Å². The molecule has 94 valence electrons. The maximum Gasteiger partial charge on any atom is 0.253 e. The van der Waals surface area contributed by atoms with E-state index >= 15 is 0 Å². The Bertz CT molecular complexity index is 628. The highest BCUT2D eigenvalue weighted by Gasteiger charge is 2.04. The Kier molecular flexibility index (Phi) is 4.32. The molecular formula is C12H10Cl2N2OS. The summed E-state index contributed by atoms with van der Waals surface area (Å²) in [5, 5.41) is 1.74. The molecule has 1 heterocycles. The van der Waals surface area contributed by atoms with Crippen molar-refractivity contribution in [2.24, 2.45) is 7.05 Å². The van der Waals surface area contributed by atoms with Crippen molar-refractivity contribution in [3.05, 3.63) is 56.4 Å². The monoisotopic (exact) mass is 300 g/mol. The van der Waals surface area contributed by atoms with E-state index in [9.17, 15) is 4.79 Å². The lowest BCUT2D eigenvalue weighted by molar-refractivity contribution is 0.708. The molecule has 0 N–H and O–H groups in total. The molecule has 6 heteroatoms. The first-order valence-electron chi connectivity index (χ1n) is 5.16. The molecule has 0 aliphatic carbocycles. The molecule has 0 atom stereocenters. The third-order valence-corrected chi connectivity index (χ3v) is 4.23. The lowest BCUT2D eigenvalue weighted by Crippen LogP contribution is -2.17. The number of nitrogens with zero attached hydrogens (tertiary/aromatic N) is 2. The molecule has 0 aliphatic rings. The molecule has 0 bridgehead atoms. The minimum Gasteiger partial charge on any atom is -0.291 e. The molecule has 2 aromatic rings. The third kappa shape index (κ3) is 3.07. The van der Waals surface area contributed by atoms with Gasteiger partial charge in [-0.3, -0.25) is 9.36 Å². The van der Waals surface area contributed by atoms with Crippen molar-refractivity contribution in [3.63, 3.8) is 0 Å². The second kappa shape index (κ2) is 5.78. The molecule has 18 heavy (non-hydrogen) atoms. The van der Waals surface area contributed by atoms with Gasteiger partial charge in [-0.2, -0.15) is 0 Å². The van der Waals surface area contributed by atoms with Crippen molar-refractivity contribution in [3.8, 4) is 0 Å². The summed E-state index contributed by atoms with van der Waals surface area (Å²) in [6.45, 7) is 0. The lowest BCUT2D eigenvalue weighted by Gasteiger charge is -2.06. The van der Waals surface area contributed by atoms with E-state index in [0.29, 0.717) is 21.0 Å². The zero-order valence-electron chi connectivity index (χ0n) is 9.56. The summed E-state index contributed by atoms with van der Waals surface area (Å²) < 4.78 is 1.52. The first-order valence-corrected chi connectivity index (χ1v) is 6.91. The van der Waals surface area contributed by atoms with E-state index in [4.69, 9.17) is 23.2 Å². The largest absolute Gasteiger partial charge is 0.291 e. The molecule has 0 spiro atoms. The van der Waals surface area contributed by atoms with Crippen LogP contribution in [0.1, 0.15) is 5.56 Å². The van der Waals surface area contributed by atoms with Gasteiger partial charge in [0, 0.05) is 25.1 Å². The second-order valence-corrected chi connectivity index (χ2v) is 5.42. The summed E-state index contributed by atoms with van der Waals surface area (Å²) in [5.41, 5.74) is 0.967. The Morgan fingerprint density at radius 3 is 2.78 bits per heavy atom. The topological polar surface area (TPSA) is 34.9 Å². The number of rotatable bonds is 3. The van der Waals surface area contributed by atoms with Crippen LogP contribution in [0.2, 0.25) is 10.0 Å². The fourth-order valence-corrected chi connectivity index (χ4v) is 2.58. The van der Waals surface area contributed by atoms with Gasteiger partial charge < -0.3 is 0 Å². The van der Waals surface area contributed by atoms with Crippen molar-refractivity contribution in [2.75, 3.05) is 0 Å². The van der Waals surface area contributed by atoms with Gasteiger partial charge in [0.15, 0.2) is 5.16 Å². The summed E-state index contributed by atoms with van der Waals surface area (Å²) in [6, 6.07) is 6.92. The molecule has 0 saturated heterocycles. The van der Waals surface area contributed by atoms with Crippen LogP contribution in [0.5, 0.6) is 0 Å². The molecule has 0 radical (unpaired) electrons. The Balaban J connectivity index is 2.14. The summed E-state index contributed by atoms with van der Waals surface area (Å²) in [7, 11) is 1.70. The van der Waals surface area contributed by atoms with E-state index in [1.54, 1.807) is 13.1 Å². The van der Waals surface area contributed by atoms with Gasteiger partial charge in [-0.1, -0.05) is 41.0 Å². The average Bonchev–Trinajstić information content (AvgIpc) is 2.35. The van der Waals surface area contributed by atoms with E-state index in [-0.39, 0.29) is 5.56 Å². The average molecular weight is 301 g/mol. The summed E-state index contributed by atoms with van der Waals surface area (Å²) >= 11 is 13.3. The standard InChI is InChI=1S/C12H10Cl2N2OS/c1-16-11(17)4-5-15-12(16)18-7-8-2-3-9(13)10(14)6-8/h2-6H,7H2,1H3. The summed E-state index contributed by atoms with van der Waals surface area (Å²) in [6.07, 6.45) is 1.51. The van der Waals surface area contributed by atoms with Gasteiger partial charge >= 0.3 is 0 Å². The highest BCUT2D eigenvalue weighted by Crippen LogP contribution is 2.26. The van der Waals surface area contributed by atoms with E-state index in [1.807, 2.05) is 12.1 Å². The molecule has 2 rings (SSSR count).